The highest BCUT2D eigenvalue weighted by Crippen LogP contribution is 2.48. The van der Waals surface area contributed by atoms with E-state index in [9.17, 15) is 8.42 Å². The minimum Gasteiger partial charge on any atom is -0.362 e. The van der Waals surface area contributed by atoms with Crippen LogP contribution in [0.25, 0.3) is 0 Å². The highest BCUT2D eigenvalue weighted by Gasteiger charge is 2.57. The molecular weight excluding hydrogens is 298 g/mol. The summed E-state index contributed by atoms with van der Waals surface area (Å²) in [5, 5.41) is 0.533. The molecule has 0 N–H and O–H groups in total. The van der Waals surface area contributed by atoms with Crippen LogP contribution in [-0.4, -0.2) is 37.5 Å². The third-order valence-electron chi connectivity index (χ3n) is 4.47. The molecule has 3 unspecified atom stereocenters. The molecule has 0 aliphatic carbocycles. The van der Waals surface area contributed by atoms with E-state index in [1.165, 1.54) is 4.31 Å². The van der Waals surface area contributed by atoms with E-state index in [2.05, 4.69) is 6.08 Å². The molecule has 2 bridgehead atoms. The van der Waals surface area contributed by atoms with Crippen LogP contribution in [0.3, 0.4) is 0 Å². The molecule has 0 radical (unpaired) electrons. The molecule has 20 heavy (non-hydrogen) atoms. The second-order valence-corrected chi connectivity index (χ2v) is 8.03. The highest BCUT2D eigenvalue weighted by atomic mass is 35.5. The van der Waals surface area contributed by atoms with Gasteiger partial charge in [-0.25, -0.2) is 8.42 Å². The first-order chi connectivity index (χ1) is 9.49. The van der Waals surface area contributed by atoms with Crippen LogP contribution in [0.5, 0.6) is 0 Å². The van der Waals surface area contributed by atoms with Crippen molar-refractivity contribution in [1.29, 1.82) is 0 Å². The van der Waals surface area contributed by atoms with Crippen molar-refractivity contribution in [3.63, 3.8) is 0 Å². The van der Waals surface area contributed by atoms with E-state index in [0.717, 1.165) is 6.42 Å². The van der Waals surface area contributed by atoms with Gasteiger partial charge in [-0.2, -0.15) is 4.31 Å². The lowest BCUT2D eigenvalue weighted by Crippen LogP contribution is -2.35. The van der Waals surface area contributed by atoms with Gasteiger partial charge in [0.15, 0.2) is 0 Å². The molecule has 1 aromatic carbocycles. The number of halogens is 1. The Kier molecular flexibility index (Phi) is 2.61. The summed E-state index contributed by atoms with van der Waals surface area (Å²) in [4.78, 5) is 0.289. The third kappa shape index (κ3) is 1.70. The Labute approximate surface area is 123 Å². The van der Waals surface area contributed by atoms with E-state index in [4.69, 9.17) is 16.3 Å². The number of hydrogen-bond acceptors (Lipinski definition) is 3. The van der Waals surface area contributed by atoms with Gasteiger partial charge in [-0.15, -0.1) is 0 Å². The number of ether oxygens (including phenoxy) is 1. The quantitative estimate of drug-likeness (QED) is 0.785. The van der Waals surface area contributed by atoms with Crippen LogP contribution in [0.15, 0.2) is 41.3 Å². The summed E-state index contributed by atoms with van der Waals surface area (Å²) in [6.07, 6.45) is 5.20. The molecule has 6 heteroatoms. The molecule has 2 fully saturated rings. The molecule has 0 aromatic heterocycles. The van der Waals surface area contributed by atoms with Gasteiger partial charge < -0.3 is 4.74 Å². The molecule has 106 valence electrons. The number of nitrogens with zero attached hydrogens (tertiary/aromatic N) is 1. The van der Waals surface area contributed by atoms with E-state index >= 15 is 0 Å². The van der Waals surface area contributed by atoms with Crippen molar-refractivity contribution >= 4 is 21.6 Å². The van der Waals surface area contributed by atoms with E-state index in [0.29, 0.717) is 18.1 Å². The topological polar surface area (TPSA) is 46.6 Å². The van der Waals surface area contributed by atoms with Crippen LogP contribution in [0, 0.1) is 5.92 Å². The minimum absolute atomic E-state index is 0.181. The standard InChI is InChI=1S/C14H14ClNO3S/c15-11-1-3-13(4-2-11)20(17,18)16-8-10-7-12-5-6-14(10,9-16)19-12/h1-6,10,12H,7-9H2. The van der Waals surface area contributed by atoms with Crippen LogP contribution in [-0.2, 0) is 14.8 Å². The van der Waals surface area contributed by atoms with E-state index in [1.807, 2.05) is 6.08 Å². The smallest absolute Gasteiger partial charge is 0.243 e. The summed E-state index contributed by atoms with van der Waals surface area (Å²) in [6, 6.07) is 6.31. The number of hydrogen-bond donors (Lipinski definition) is 0. The van der Waals surface area contributed by atoms with Gasteiger partial charge in [0.1, 0.15) is 5.60 Å². The van der Waals surface area contributed by atoms with Crippen LogP contribution >= 0.6 is 11.6 Å². The van der Waals surface area contributed by atoms with Crippen molar-refractivity contribution in [2.45, 2.75) is 23.0 Å². The number of fused-ring (bicyclic) bond motifs is 1. The Balaban J connectivity index is 1.66. The van der Waals surface area contributed by atoms with Crippen molar-refractivity contribution < 1.29 is 13.2 Å². The monoisotopic (exact) mass is 311 g/mol. The van der Waals surface area contributed by atoms with Gasteiger partial charge >= 0.3 is 0 Å². The zero-order chi connectivity index (χ0) is 14.0. The number of sulfonamides is 1. The zero-order valence-corrected chi connectivity index (χ0v) is 12.3. The van der Waals surface area contributed by atoms with E-state index in [-0.39, 0.29) is 22.5 Å². The molecule has 3 aliphatic heterocycles. The lowest BCUT2D eigenvalue weighted by molar-refractivity contribution is 0.0291. The predicted octanol–water partition coefficient (Wildman–Crippen LogP) is 2.06. The second-order valence-electron chi connectivity index (χ2n) is 5.65. The lowest BCUT2D eigenvalue weighted by Gasteiger charge is -2.22. The van der Waals surface area contributed by atoms with Gasteiger partial charge in [0.25, 0.3) is 0 Å². The molecule has 4 nitrogen and oxygen atoms in total. The summed E-state index contributed by atoms with van der Waals surface area (Å²) in [5.74, 6) is 0.277. The Morgan fingerprint density at radius 2 is 2.05 bits per heavy atom. The molecule has 3 atom stereocenters. The van der Waals surface area contributed by atoms with Gasteiger partial charge in [0, 0.05) is 24.0 Å². The molecule has 3 aliphatic rings. The van der Waals surface area contributed by atoms with Crippen molar-refractivity contribution in [1.82, 2.24) is 4.31 Å². The summed E-state index contributed by atoms with van der Waals surface area (Å²) in [5.41, 5.74) is -0.385. The maximum atomic E-state index is 12.7. The average molecular weight is 312 g/mol. The fraction of sp³-hybridized carbons (Fsp3) is 0.429. The van der Waals surface area contributed by atoms with Gasteiger partial charge in [-0.3, -0.25) is 0 Å². The molecule has 2 saturated heterocycles. The first-order valence-corrected chi connectivity index (χ1v) is 8.44. The Bertz CT molecular complexity index is 685. The molecular formula is C14H14ClNO3S. The van der Waals surface area contributed by atoms with Gasteiger partial charge in [-0.1, -0.05) is 23.8 Å². The average Bonchev–Trinajstić information content (AvgIpc) is 3.05. The molecule has 4 rings (SSSR count). The molecule has 0 saturated carbocycles. The summed E-state index contributed by atoms with van der Waals surface area (Å²) >= 11 is 5.81. The molecule has 3 heterocycles. The lowest BCUT2D eigenvalue weighted by atomic mass is 9.86. The SMILES string of the molecule is O=S(=O)(c1ccc(Cl)cc1)N1CC2CC3C=CC2(C1)O3. The Morgan fingerprint density at radius 1 is 1.30 bits per heavy atom. The second kappa shape index (κ2) is 4.07. The van der Waals surface area contributed by atoms with Gasteiger partial charge in [-0.05, 0) is 30.7 Å². The summed E-state index contributed by atoms with van der Waals surface area (Å²) in [6.45, 7) is 0.946. The van der Waals surface area contributed by atoms with E-state index in [1.54, 1.807) is 24.3 Å². The fourth-order valence-corrected chi connectivity index (χ4v) is 5.09. The number of rotatable bonds is 2. The van der Waals surface area contributed by atoms with Crippen molar-refractivity contribution in [2.75, 3.05) is 13.1 Å². The fourth-order valence-electron chi connectivity index (χ4n) is 3.44. The van der Waals surface area contributed by atoms with Crippen LogP contribution in [0.2, 0.25) is 5.02 Å². The normalized spacial score (nSPS) is 35.6. The molecule has 0 amide bonds. The van der Waals surface area contributed by atoms with Crippen LogP contribution in [0.1, 0.15) is 6.42 Å². The van der Waals surface area contributed by atoms with Gasteiger partial charge in [0.05, 0.1) is 11.0 Å². The number of benzene rings is 1. The predicted molar refractivity (Wildman–Crippen MR) is 75.1 cm³/mol. The van der Waals surface area contributed by atoms with Crippen LogP contribution in [0.4, 0.5) is 0 Å². The van der Waals surface area contributed by atoms with Crippen LogP contribution < -0.4 is 0 Å². The summed E-state index contributed by atoms with van der Waals surface area (Å²) in [7, 11) is -3.47. The van der Waals surface area contributed by atoms with Gasteiger partial charge in [0.2, 0.25) is 10.0 Å². The van der Waals surface area contributed by atoms with Crippen molar-refractivity contribution in [3.05, 3.63) is 41.4 Å². The maximum Gasteiger partial charge on any atom is 0.243 e. The zero-order valence-electron chi connectivity index (χ0n) is 10.7. The molecule has 1 aromatic rings. The minimum atomic E-state index is -3.47. The first kappa shape index (κ1) is 12.8. The van der Waals surface area contributed by atoms with Crippen molar-refractivity contribution in [3.8, 4) is 0 Å². The molecule has 1 spiro atoms. The van der Waals surface area contributed by atoms with E-state index < -0.39 is 10.0 Å². The largest absolute Gasteiger partial charge is 0.362 e. The Hall–Kier alpha value is -0.880. The van der Waals surface area contributed by atoms with Crippen molar-refractivity contribution in [2.24, 2.45) is 5.92 Å². The Morgan fingerprint density at radius 3 is 2.70 bits per heavy atom. The first-order valence-electron chi connectivity index (χ1n) is 6.62. The highest BCUT2D eigenvalue weighted by molar-refractivity contribution is 7.89. The third-order valence-corrected chi connectivity index (χ3v) is 6.55. The summed E-state index contributed by atoms with van der Waals surface area (Å²) < 4.78 is 32.8. The maximum absolute atomic E-state index is 12.7.